The molecule has 5 rings (SSSR count). The number of halogens is 1. The third-order valence-corrected chi connectivity index (χ3v) is 7.19. The summed E-state index contributed by atoms with van der Waals surface area (Å²) in [6, 6.07) is 15.6. The Balaban J connectivity index is 1.42. The number of hydrogen-bond donors (Lipinski definition) is 3. The normalized spacial score (nSPS) is 25.9. The van der Waals surface area contributed by atoms with Crippen LogP contribution in [0.4, 0.5) is 5.69 Å². The highest BCUT2D eigenvalue weighted by molar-refractivity contribution is 9.10. The van der Waals surface area contributed by atoms with E-state index in [4.69, 9.17) is 4.74 Å². The molecule has 3 atom stereocenters. The zero-order valence-electron chi connectivity index (χ0n) is 18.6. The maximum Gasteiger partial charge on any atom is 0.271 e. The van der Waals surface area contributed by atoms with Crippen LogP contribution in [-0.2, 0) is 4.79 Å². The average Bonchev–Trinajstić information content (AvgIpc) is 3.22. The van der Waals surface area contributed by atoms with Crippen LogP contribution in [0.2, 0.25) is 0 Å². The molecule has 0 radical (unpaired) electrons. The maximum absolute atomic E-state index is 13.4. The van der Waals surface area contributed by atoms with Gasteiger partial charge in [-0.25, -0.2) is 4.99 Å². The van der Waals surface area contributed by atoms with Gasteiger partial charge in [0, 0.05) is 16.2 Å². The Morgan fingerprint density at radius 3 is 2.64 bits per heavy atom. The Hall–Kier alpha value is -2.87. The predicted octanol–water partition coefficient (Wildman–Crippen LogP) is 4.76. The van der Waals surface area contributed by atoms with Crippen molar-refractivity contribution in [1.29, 1.82) is 0 Å². The van der Waals surface area contributed by atoms with Crippen LogP contribution in [0.5, 0.6) is 5.75 Å². The van der Waals surface area contributed by atoms with Crippen LogP contribution in [0.15, 0.2) is 63.0 Å². The van der Waals surface area contributed by atoms with Crippen LogP contribution in [0.1, 0.15) is 50.6 Å². The van der Waals surface area contributed by atoms with E-state index < -0.39 is 12.3 Å². The lowest BCUT2D eigenvalue weighted by Gasteiger charge is -2.34. The number of fused-ring (bicyclic) bond motifs is 1. The van der Waals surface area contributed by atoms with Crippen LogP contribution in [0, 0.1) is 5.92 Å². The molecule has 2 aliphatic heterocycles. The van der Waals surface area contributed by atoms with Gasteiger partial charge in [0.05, 0.1) is 11.7 Å². The number of hydrogen-bond acceptors (Lipinski definition) is 4. The number of benzene rings is 2. The van der Waals surface area contributed by atoms with Crippen LogP contribution in [-0.4, -0.2) is 30.0 Å². The van der Waals surface area contributed by atoms with Crippen molar-refractivity contribution in [1.82, 2.24) is 10.6 Å². The smallest absolute Gasteiger partial charge is 0.271 e. The quantitative estimate of drug-likeness (QED) is 0.554. The van der Waals surface area contributed by atoms with E-state index in [2.05, 4.69) is 41.9 Å². The molecule has 2 aromatic rings. The van der Waals surface area contributed by atoms with Gasteiger partial charge in [0.2, 0.25) is 11.9 Å². The topological polar surface area (TPSA) is 87.1 Å². The SMILES string of the molecule is CC1=NC(=NC2Nc3ccccc3O2)NC(c2ccccc2Br)C1C(=O)NC1CCCCC1. The molecule has 3 N–H and O–H groups in total. The predicted molar refractivity (Wildman–Crippen MR) is 134 cm³/mol. The van der Waals surface area contributed by atoms with Gasteiger partial charge in [-0.3, -0.25) is 4.79 Å². The first kappa shape index (κ1) is 21.9. The Labute approximate surface area is 202 Å². The Kier molecular flexibility index (Phi) is 6.35. The van der Waals surface area contributed by atoms with E-state index in [1.165, 1.54) is 19.3 Å². The van der Waals surface area contributed by atoms with Crippen LogP contribution in [0.3, 0.4) is 0 Å². The molecule has 0 saturated heterocycles. The standard InChI is InChI=1S/C25H28BrN5O2/c1-15-21(23(32)28-16-9-3-2-4-10-16)22(17-11-5-6-12-18(17)26)30-24(27-15)31-25-29-19-13-7-8-14-20(19)33-25/h5-8,11-14,16,21-22,25,29H,2-4,9-10H2,1H3,(H,28,32)(H,30,31). The lowest BCUT2D eigenvalue weighted by Crippen LogP contribution is -2.50. The first-order valence-electron chi connectivity index (χ1n) is 11.5. The van der Waals surface area contributed by atoms with E-state index in [0.29, 0.717) is 5.96 Å². The van der Waals surface area contributed by atoms with Crippen molar-refractivity contribution in [2.45, 2.75) is 57.5 Å². The van der Waals surface area contributed by atoms with Gasteiger partial charge in [0.15, 0.2) is 0 Å². The molecule has 1 aliphatic carbocycles. The van der Waals surface area contributed by atoms with E-state index in [-0.39, 0.29) is 18.0 Å². The van der Waals surface area contributed by atoms with Gasteiger partial charge >= 0.3 is 0 Å². The molecule has 0 spiro atoms. The average molecular weight is 510 g/mol. The summed E-state index contributed by atoms with van der Waals surface area (Å²) in [6.07, 6.45) is 5.09. The lowest BCUT2D eigenvalue weighted by molar-refractivity contribution is -0.124. The monoisotopic (exact) mass is 509 g/mol. The number of nitrogens with zero attached hydrogens (tertiary/aromatic N) is 2. The van der Waals surface area contributed by atoms with Gasteiger partial charge < -0.3 is 20.7 Å². The number of rotatable bonds is 4. The maximum atomic E-state index is 13.4. The van der Waals surface area contributed by atoms with E-state index >= 15 is 0 Å². The van der Waals surface area contributed by atoms with Gasteiger partial charge in [0.25, 0.3) is 6.35 Å². The fourth-order valence-corrected chi connectivity index (χ4v) is 5.33. The third kappa shape index (κ3) is 4.76. The van der Waals surface area contributed by atoms with E-state index in [0.717, 1.165) is 40.0 Å². The molecule has 0 aromatic heterocycles. The molecule has 2 aromatic carbocycles. The number of nitrogens with one attached hydrogen (secondary N) is 3. The summed E-state index contributed by atoms with van der Waals surface area (Å²) < 4.78 is 6.83. The summed E-state index contributed by atoms with van der Waals surface area (Å²) in [5.74, 6) is 0.785. The minimum absolute atomic E-state index is 0.0121. The number of amides is 1. The Morgan fingerprint density at radius 2 is 1.85 bits per heavy atom. The largest absolute Gasteiger partial charge is 0.448 e. The number of aliphatic imine (C=N–C) groups is 2. The molecule has 2 heterocycles. The summed E-state index contributed by atoms with van der Waals surface area (Å²) in [4.78, 5) is 22.8. The first-order chi connectivity index (χ1) is 16.1. The number of carbonyl (C=O) groups is 1. The fraction of sp³-hybridized carbons (Fsp3) is 0.400. The minimum Gasteiger partial charge on any atom is -0.448 e. The highest BCUT2D eigenvalue weighted by Crippen LogP contribution is 2.34. The molecule has 1 fully saturated rings. The molecular formula is C25H28BrN5O2. The van der Waals surface area contributed by atoms with Gasteiger partial charge in [-0.15, -0.1) is 0 Å². The molecule has 172 valence electrons. The van der Waals surface area contributed by atoms with Crippen molar-refractivity contribution in [2.75, 3.05) is 5.32 Å². The van der Waals surface area contributed by atoms with Crippen LogP contribution >= 0.6 is 15.9 Å². The molecular weight excluding hydrogens is 482 g/mol. The molecule has 0 bridgehead atoms. The summed E-state index contributed by atoms with van der Waals surface area (Å²) >= 11 is 3.67. The lowest BCUT2D eigenvalue weighted by atomic mass is 9.86. The first-order valence-corrected chi connectivity index (χ1v) is 12.3. The molecule has 3 aliphatic rings. The van der Waals surface area contributed by atoms with E-state index in [9.17, 15) is 4.79 Å². The van der Waals surface area contributed by atoms with Crippen molar-refractivity contribution in [2.24, 2.45) is 15.9 Å². The molecule has 3 unspecified atom stereocenters. The van der Waals surface area contributed by atoms with E-state index in [1.54, 1.807) is 0 Å². The molecule has 8 heteroatoms. The molecule has 7 nitrogen and oxygen atoms in total. The molecule has 33 heavy (non-hydrogen) atoms. The summed E-state index contributed by atoms with van der Waals surface area (Å²) in [5.41, 5.74) is 2.62. The van der Waals surface area contributed by atoms with Crippen molar-refractivity contribution in [3.8, 4) is 5.75 Å². The van der Waals surface area contributed by atoms with Gasteiger partial charge in [-0.2, -0.15) is 4.99 Å². The van der Waals surface area contributed by atoms with Crippen LogP contribution < -0.4 is 20.7 Å². The second-order valence-electron chi connectivity index (χ2n) is 8.78. The molecule has 1 saturated carbocycles. The van der Waals surface area contributed by atoms with Crippen molar-refractivity contribution in [3.63, 3.8) is 0 Å². The van der Waals surface area contributed by atoms with E-state index in [1.807, 2.05) is 55.5 Å². The number of guanidine groups is 1. The highest BCUT2D eigenvalue weighted by atomic mass is 79.9. The number of carbonyl (C=O) groups excluding carboxylic acids is 1. The number of para-hydroxylation sites is 2. The van der Waals surface area contributed by atoms with Crippen molar-refractivity contribution >= 4 is 39.2 Å². The van der Waals surface area contributed by atoms with Crippen LogP contribution in [0.25, 0.3) is 0 Å². The Bertz CT molecular complexity index is 1070. The van der Waals surface area contributed by atoms with Gasteiger partial charge in [0.1, 0.15) is 11.7 Å². The van der Waals surface area contributed by atoms with Crippen molar-refractivity contribution < 1.29 is 9.53 Å². The Morgan fingerprint density at radius 1 is 1.09 bits per heavy atom. The zero-order valence-corrected chi connectivity index (χ0v) is 20.1. The second-order valence-corrected chi connectivity index (χ2v) is 9.64. The van der Waals surface area contributed by atoms with Gasteiger partial charge in [-0.1, -0.05) is 65.5 Å². The second kappa shape index (κ2) is 9.55. The highest BCUT2D eigenvalue weighted by Gasteiger charge is 2.38. The molecule has 1 amide bonds. The minimum atomic E-state index is -0.575. The summed E-state index contributed by atoms with van der Waals surface area (Å²) in [6.45, 7) is 1.91. The zero-order chi connectivity index (χ0) is 22.8. The summed E-state index contributed by atoms with van der Waals surface area (Å²) in [7, 11) is 0. The number of ether oxygens (including phenoxy) is 1. The third-order valence-electron chi connectivity index (χ3n) is 6.47. The van der Waals surface area contributed by atoms with Crippen molar-refractivity contribution in [3.05, 3.63) is 58.6 Å². The van der Waals surface area contributed by atoms with Gasteiger partial charge in [-0.05, 0) is 43.5 Å². The fourth-order valence-electron chi connectivity index (χ4n) is 4.80. The summed E-state index contributed by atoms with van der Waals surface area (Å²) in [5, 5.41) is 9.94. The number of anilines is 1.